The van der Waals surface area contributed by atoms with Crippen molar-refractivity contribution in [1.29, 1.82) is 0 Å². The van der Waals surface area contributed by atoms with Crippen LogP contribution in [-0.4, -0.2) is 55.2 Å². The lowest BCUT2D eigenvalue weighted by molar-refractivity contribution is -0.117. The summed E-state index contributed by atoms with van der Waals surface area (Å²) in [5.74, 6) is -1.45. The van der Waals surface area contributed by atoms with Gasteiger partial charge in [-0.1, -0.05) is 0 Å². The minimum absolute atomic E-state index is 0.118. The van der Waals surface area contributed by atoms with E-state index in [-0.39, 0.29) is 24.2 Å². The van der Waals surface area contributed by atoms with E-state index in [1.165, 1.54) is 22.3 Å². The van der Waals surface area contributed by atoms with Crippen molar-refractivity contribution in [2.75, 3.05) is 32.1 Å². The van der Waals surface area contributed by atoms with E-state index in [0.717, 1.165) is 19.4 Å². The molecule has 8 nitrogen and oxygen atoms in total. The van der Waals surface area contributed by atoms with Crippen LogP contribution in [0.5, 0.6) is 0 Å². The molecule has 0 aromatic carbocycles. The average Bonchev–Trinajstić information content (AvgIpc) is 3.16. The molecule has 25 heavy (non-hydrogen) atoms. The minimum Gasteiger partial charge on any atom is -0.477 e. The lowest BCUT2D eigenvalue weighted by Crippen LogP contribution is -2.44. The summed E-state index contributed by atoms with van der Waals surface area (Å²) in [6.45, 7) is 1.22. The zero-order chi connectivity index (χ0) is 18.1. The fraction of sp³-hybridized carbons (Fsp3) is 0.438. The SMILES string of the molecule is CN(C(=O)CNC1CCCN1C)c1cc2oc(=O)c(C(=O)O)cc2s1. The molecule has 1 atom stereocenters. The lowest BCUT2D eigenvalue weighted by Gasteiger charge is -2.22. The predicted octanol–water partition coefficient (Wildman–Crippen LogP) is 1.16. The normalized spacial score (nSPS) is 17.9. The molecule has 2 aromatic rings. The van der Waals surface area contributed by atoms with Crippen LogP contribution in [-0.2, 0) is 4.79 Å². The summed E-state index contributed by atoms with van der Waals surface area (Å²) in [6, 6.07) is 2.86. The number of rotatable bonds is 5. The van der Waals surface area contributed by atoms with E-state index < -0.39 is 17.2 Å². The molecule has 1 aliphatic rings. The molecule has 0 aliphatic carbocycles. The van der Waals surface area contributed by atoms with E-state index in [1.54, 1.807) is 13.1 Å². The molecular weight excluding hydrogens is 346 g/mol. The van der Waals surface area contributed by atoms with Crippen molar-refractivity contribution in [3.63, 3.8) is 0 Å². The first kappa shape index (κ1) is 17.6. The number of carbonyl (C=O) groups is 2. The van der Waals surface area contributed by atoms with Crippen molar-refractivity contribution in [2.45, 2.75) is 19.0 Å². The maximum absolute atomic E-state index is 12.4. The maximum atomic E-state index is 12.4. The number of anilines is 1. The first-order valence-corrected chi connectivity index (χ1v) is 8.69. The summed E-state index contributed by atoms with van der Waals surface area (Å²) in [5.41, 5.74) is -1.04. The van der Waals surface area contributed by atoms with Crippen molar-refractivity contribution in [2.24, 2.45) is 0 Å². The van der Waals surface area contributed by atoms with E-state index in [4.69, 9.17) is 9.52 Å². The zero-order valence-corrected chi connectivity index (χ0v) is 14.8. The maximum Gasteiger partial charge on any atom is 0.351 e. The largest absolute Gasteiger partial charge is 0.477 e. The van der Waals surface area contributed by atoms with E-state index in [0.29, 0.717) is 9.70 Å². The second kappa shape index (κ2) is 6.95. The van der Waals surface area contributed by atoms with Crippen LogP contribution in [0.15, 0.2) is 21.3 Å². The van der Waals surface area contributed by atoms with Crippen LogP contribution >= 0.6 is 11.3 Å². The number of nitrogens with zero attached hydrogens (tertiary/aromatic N) is 2. The van der Waals surface area contributed by atoms with Gasteiger partial charge in [-0.25, -0.2) is 9.59 Å². The molecular formula is C16H19N3O5S. The Balaban J connectivity index is 1.75. The molecule has 1 unspecified atom stereocenters. The van der Waals surface area contributed by atoms with Crippen molar-refractivity contribution < 1.29 is 19.1 Å². The van der Waals surface area contributed by atoms with E-state index in [1.807, 2.05) is 7.05 Å². The second-order valence-electron chi connectivity index (χ2n) is 6.04. The molecule has 134 valence electrons. The molecule has 2 N–H and O–H groups in total. The Bertz CT molecular complexity index is 874. The molecule has 3 rings (SSSR count). The van der Waals surface area contributed by atoms with Crippen molar-refractivity contribution >= 4 is 38.5 Å². The number of fused-ring (bicyclic) bond motifs is 1. The molecule has 9 heteroatoms. The predicted molar refractivity (Wildman–Crippen MR) is 94.4 cm³/mol. The van der Waals surface area contributed by atoms with Gasteiger partial charge < -0.3 is 14.4 Å². The quantitative estimate of drug-likeness (QED) is 0.819. The summed E-state index contributed by atoms with van der Waals surface area (Å²) < 4.78 is 5.54. The highest BCUT2D eigenvalue weighted by molar-refractivity contribution is 7.22. The molecule has 0 spiro atoms. The number of aromatic carboxylic acids is 1. The van der Waals surface area contributed by atoms with Gasteiger partial charge in [0.1, 0.15) is 10.6 Å². The molecule has 3 heterocycles. The van der Waals surface area contributed by atoms with Gasteiger partial charge in [0.25, 0.3) is 0 Å². The molecule has 1 fully saturated rings. The summed E-state index contributed by atoms with van der Waals surface area (Å²) in [7, 11) is 3.66. The monoisotopic (exact) mass is 365 g/mol. The first-order valence-electron chi connectivity index (χ1n) is 7.88. The van der Waals surface area contributed by atoms with Crippen LogP contribution in [0.25, 0.3) is 10.3 Å². The Morgan fingerprint density at radius 1 is 1.48 bits per heavy atom. The van der Waals surface area contributed by atoms with E-state index in [2.05, 4.69) is 10.2 Å². The number of nitrogens with one attached hydrogen (secondary N) is 1. The number of thiophene rings is 1. The summed E-state index contributed by atoms with van der Waals surface area (Å²) in [6.07, 6.45) is 2.33. The van der Waals surface area contributed by atoms with Crippen LogP contribution in [0.2, 0.25) is 0 Å². The van der Waals surface area contributed by atoms with Gasteiger partial charge in [-0.3, -0.25) is 15.0 Å². The highest BCUT2D eigenvalue weighted by Gasteiger charge is 2.23. The lowest BCUT2D eigenvalue weighted by atomic mass is 10.3. The standard InChI is InChI=1S/C16H19N3O5S/c1-18-5-3-4-12(18)17-8-13(20)19(2)14-7-10-11(25-14)6-9(15(21)22)16(23)24-10/h6-7,12,17H,3-5,8H2,1-2H3,(H,21,22). The molecule has 0 saturated carbocycles. The fourth-order valence-electron chi connectivity index (χ4n) is 2.83. The molecule has 1 amide bonds. The number of hydrogen-bond acceptors (Lipinski definition) is 7. The molecule has 0 bridgehead atoms. The van der Waals surface area contributed by atoms with Crippen molar-refractivity contribution in [1.82, 2.24) is 10.2 Å². The van der Waals surface area contributed by atoms with Crippen LogP contribution in [0.1, 0.15) is 23.2 Å². The number of carboxylic acids is 1. The summed E-state index contributed by atoms with van der Waals surface area (Å²) >= 11 is 1.20. The van der Waals surface area contributed by atoms with Crippen LogP contribution in [0.3, 0.4) is 0 Å². The average molecular weight is 365 g/mol. The number of likely N-dealkylation sites (tertiary alicyclic amines) is 1. The van der Waals surface area contributed by atoms with Crippen LogP contribution in [0, 0.1) is 0 Å². The number of amides is 1. The van der Waals surface area contributed by atoms with E-state index in [9.17, 15) is 14.4 Å². The molecule has 0 radical (unpaired) electrons. The fourth-order valence-corrected chi connectivity index (χ4v) is 3.84. The Kier molecular flexibility index (Phi) is 4.89. The Labute approximate surface area is 147 Å². The minimum atomic E-state index is -1.33. The topological polar surface area (TPSA) is 103 Å². The van der Waals surface area contributed by atoms with Gasteiger partial charge in [0.05, 0.1) is 17.4 Å². The zero-order valence-electron chi connectivity index (χ0n) is 13.9. The number of likely N-dealkylation sites (N-methyl/N-ethyl adjacent to an activating group) is 1. The third-order valence-corrected chi connectivity index (χ3v) is 5.49. The molecule has 1 aliphatic heterocycles. The van der Waals surface area contributed by atoms with Crippen LogP contribution in [0.4, 0.5) is 5.00 Å². The number of hydrogen-bond donors (Lipinski definition) is 2. The van der Waals surface area contributed by atoms with Gasteiger partial charge in [0.15, 0.2) is 5.58 Å². The highest BCUT2D eigenvalue weighted by atomic mass is 32.1. The summed E-state index contributed by atoms with van der Waals surface area (Å²) in [4.78, 5) is 38.7. The molecule has 1 saturated heterocycles. The van der Waals surface area contributed by atoms with Gasteiger partial charge in [0.2, 0.25) is 5.91 Å². The highest BCUT2D eigenvalue weighted by Crippen LogP contribution is 2.31. The van der Waals surface area contributed by atoms with Gasteiger partial charge in [-0.15, -0.1) is 11.3 Å². The van der Waals surface area contributed by atoms with Crippen LogP contribution < -0.4 is 15.8 Å². The number of carboxylic acid groups (broad SMARTS) is 1. The summed E-state index contributed by atoms with van der Waals surface area (Å²) in [5, 5.41) is 12.8. The third-order valence-electron chi connectivity index (χ3n) is 4.35. The van der Waals surface area contributed by atoms with Crippen molar-refractivity contribution in [3.8, 4) is 0 Å². The van der Waals surface area contributed by atoms with Gasteiger partial charge in [-0.2, -0.15) is 0 Å². The Hall–Kier alpha value is -2.23. The Morgan fingerprint density at radius 2 is 2.24 bits per heavy atom. The molecule has 2 aromatic heterocycles. The van der Waals surface area contributed by atoms with Gasteiger partial charge in [0, 0.05) is 13.1 Å². The smallest absolute Gasteiger partial charge is 0.351 e. The van der Waals surface area contributed by atoms with Gasteiger partial charge in [-0.05, 0) is 32.5 Å². The third kappa shape index (κ3) is 3.58. The number of carbonyl (C=O) groups excluding carboxylic acids is 1. The Morgan fingerprint density at radius 3 is 2.88 bits per heavy atom. The van der Waals surface area contributed by atoms with Gasteiger partial charge >= 0.3 is 11.6 Å². The van der Waals surface area contributed by atoms with E-state index >= 15 is 0 Å². The second-order valence-corrected chi connectivity index (χ2v) is 7.10. The first-order chi connectivity index (χ1) is 11.9. The van der Waals surface area contributed by atoms with Crippen molar-refractivity contribution in [3.05, 3.63) is 28.1 Å².